The quantitative estimate of drug-likeness (QED) is 0.706. The fourth-order valence-electron chi connectivity index (χ4n) is 1.08. The number of carbonyl (C=O) groups excluding carboxylic acids is 1. The zero-order valence-corrected chi connectivity index (χ0v) is 10.3. The van der Waals surface area contributed by atoms with Crippen molar-refractivity contribution in [1.29, 1.82) is 0 Å². The summed E-state index contributed by atoms with van der Waals surface area (Å²) in [6.45, 7) is 7.29. The highest BCUT2D eigenvalue weighted by Crippen LogP contribution is 1.97. The van der Waals surface area contributed by atoms with E-state index in [1.807, 2.05) is 0 Å². The van der Waals surface area contributed by atoms with E-state index in [9.17, 15) is 4.79 Å². The second-order valence-electron chi connectivity index (χ2n) is 4.47. The predicted octanol–water partition coefficient (Wildman–Crippen LogP) is 1.44. The number of rotatable bonds is 6. The first kappa shape index (κ1) is 14.2. The van der Waals surface area contributed by atoms with Crippen molar-refractivity contribution in [2.45, 2.75) is 39.7 Å². The Morgan fingerprint density at radius 2 is 1.93 bits per heavy atom. The first-order valence-electron chi connectivity index (χ1n) is 5.60. The van der Waals surface area contributed by atoms with Crippen LogP contribution < -0.4 is 5.32 Å². The number of aliphatic hydroxyl groups is 1. The Kier molecular flexibility index (Phi) is 7.13. The fourth-order valence-corrected chi connectivity index (χ4v) is 1.08. The molecule has 1 unspecified atom stereocenters. The number of carbonyl (C=O) groups is 1. The second-order valence-corrected chi connectivity index (χ2v) is 4.47. The minimum atomic E-state index is -0.351. The second kappa shape index (κ2) is 7.51. The van der Waals surface area contributed by atoms with E-state index >= 15 is 0 Å². The van der Waals surface area contributed by atoms with Gasteiger partial charge in [-0.05, 0) is 25.7 Å². The predicted molar refractivity (Wildman–Crippen MR) is 61.8 cm³/mol. The van der Waals surface area contributed by atoms with Crippen molar-refractivity contribution in [1.82, 2.24) is 10.2 Å². The molecule has 90 valence electrons. The minimum Gasteiger partial charge on any atom is -0.393 e. The van der Waals surface area contributed by atoms with Gasteiger partial charge < -0.3 is 15.3 Å². The van der Waals surface area contributed by atoms with Gasteiger partial charge in [-0.1, -0.05) is 13.8 Å². The van der Waals surface area contributed by atoms with Gasteiger partial charge in [0.2, 0.25) is 0 Å². The summed E-state index contributed by atoms with van der Waals surface area (Å²) in [6, 6.07) is -0.0590. The molecule has 0 spiro atoms. The molecule has 0 fully saturated rings. The average Bonchev–Trinajstić information content (AvgIpc) is 2.13. The Balaban J connectivity index is 3.60. The van der Waals surface area contributed by atoms with Crippen molar-refractivity contribution in [3.8, 4) is 0 Å². The van der Waals surface area contributed by atoms with Gasteiger partial charge in [-0.15, -0.1) is 0 Å². The van der Waals surface area contributed by atoms with Gasteiger partial charge in [0.05, 0.1) is 6.10 Å². The van der Waals surface area contributed by atoms with E-state index in [2.05, 4.69) is 19.2 Å². The van der Waals surface area contributed by atoms with E-state index in [4.69, 9.17) is 5.11 Å². The molecule has 0 aliphatic heterocycles. The van der Waals surface area contributed by atoms with Gasteiger partial charge in [0.1, 0.15) is 0 Å². The maximum absolute atomic E-state index is 11.5. The Bertz CT molecular complexity index is 181. The standard InChI is InChI=1S/C11H24N2O2/c1-9(2)5-7-12-11(15)13(4)8-6-10(3)14/h9-10,14H,5-8H2,1-4H3,(H,12,15). The molecule has 2 N–H and O–H groups in total. The van der Waals surface area contributed by atoms with Gasteiger partial charge in [-0.3, -0.25) is 0 Å². The van der Waals surface area contributed by atoms with Crippen molar-refractivity contribution in [3.63, 3.8) is 0 Å². The van der Waals surface area contributed by atoms with Crippen molar-refractivity contribution >= 4 is 6.03 Å². The molecule has 0 aromatic rings. The summed E-state index contributed by atoms with van der Waals surface area (Å²) in [7, 11) is 1.74. The van der Waals surface area contributed by atoms with Crippen LogP contribution in [0.25, 0.3) is 0 Å². The van der Waals surface area contributed by atoms with Crippen LogP contribution in [0.15, 0.2) is 0 Å². The number of urea groups is 1. The molecule has 0 aliphatic carbocycles. The van der Waals surface area contributed by atoms with Crippen LogP contribution in [0.5, 0.6) is 0 Å². The summed E-state index contributed by atoms with van der Waals surface area (Å²) in [4.78, 5) is 13.1. The molecule has 4 nitrogen and oxygen atoms in total. The number of hydrogen-bond acceptors (Lipinski definition) is 2. The Hall–Kier alpha value is -0.770. The molecule has 2 amide bonds. The van der Waals surface area contributed by atoms with Crippen molar-refractivity contribution in [2.75, 3.05) is 20.1 Å². The fraction of sp³-hybridized carbons (Fsp3) is 0.909. The summed E-state index contributed by atoms with van der Waals surface area (Å²) in [5, 5.41) is 11.9. The van der Waals surface area contributed by atoms with Gasteiger partial charge in [0.15, 0.2) is 0 Å². The van der Waals surface area contributed by atoms with E-state index in [0.29, 0.717) is 18.9 Å². The molecule has 1 atom stereocenters. The Morgan fingerprint density at radius 1 is 1.33 bits per heavy atom. The molecule has 0 aromatic carbocycles. The van der Waals surface area contributed by atoms with Crippen LogP contribution in [0.2, 0.25) is 0 Å². The van der Waals surface area contributed by atoms with Gasteiger partial charge in [-0.2, -0.15) is 0 Å². The molecule has 4 heteroatoms. The lowest BCUT2D eigenvalue weighted by atomic mass is 10.1. The van der Waals surface area contributed by atoms with Crippen LogP contribution in [-0.2, 0) is 0 Å². The van der Waals surface area contributed by atoms with Gasteiger partial charge in [0.25, 0.3) is 0 Å². The van der Waals surface area contributed by atoms with E-state index in [1.165, 1.54) is 0 Å². The molecule has 0 bridgehead atoms. The molecule has 0 saturated heterocycles. The summed E-state index contributed by atoms with van der Waals surface area (Å²) in [5.41, 5.74) is 0. The molecule has 0 heterocycles. The zero-order chi connectivity index (χ0) is 11.8. The number of nitrogens with one attached hydrogen (secondary N) is 1. The van der Waals surface area contributed by atoms with Gasteiger partial charge in [-0.25, -0.2) is 4.79 Å². The van der Waals surface area contributed by atoms with E-state index in [0.717, 1.165) is 13.0 Å². The molecule has 0 saturated carbocycles. The van der Waals surface area contributed by atoms with E-state index in [1.54, 1.807) is 18.9 Å². The monoisotopic (exact) mass is 216 g/mol. The third kappa shape index (κ3) is 8.24. The van der Waals surface area contributed by atoms with Crippen LogP contribution >= 0.6 is 0 Å². The van der Waals surface area contributed by atoms with Crippen LogP contribution in [0.4, 0.5) is 4.79 Å². The summed E-state index contributed by atoms with van der Waals surface area (Å²) >= 11 is 0. The molecular weight excluding hydrogens is 192 g/mol. The Morgan fingerprint density at radius 3 is 2.40 bits per heavy atom. The maximum Gasteiger partial charge on any atom is 0.317 e. The molecule has 0 rings (SSSR count). The highest BCUT2D eigenvalue weighted by Gasteiger charge is 2.08. The minimum absolute atomic E-state index is 0.0590. The van der Waals surface area contributed by atoms with Crippen molar-refractivity contribution in [2.24, 2.45) is 5.92 Å². The smallest absolute Gasteiger partial charge is 0.317 e. The third-order valence-corrected chi connectivity index (χ3v) is 2.23. The van der Waals surface area contributed by atoms with Crippen LogP contribution in [0.1, 0.15) is 33.6 Å². The first-order chi connectivity index (χ1) is 6.93. The number of nitrogens with zero attached hydrogens (tertiary/aromatic N) is 1. The third-order valence-electron chi connectivity index (χ3n) is 2.23. The van der Waals surface area contributed by atoms with Gasteiger partial charge >= 0.3 is 6.03 Å². The first-order valence-corrected chi connectivity index (χ1v) is 5.60. The number of amides is 2. The number of hydrogen-bond donors (Lipinski definition) is 2. The summed E-state index contributed by atoms with van der Waals surface area (Å²) < 4.78 is 0. The largest absolute Gasteiger partial charge is 0.393 e. The SMILES string of the molecule is CC(C)CCNC(=O)N(C)CCC(C)O. The number of aliphatic hydroxyl groups excluding tert-OH is 1. The van der Waals surface area contributed by atoms with Crippen molar-refractivity contribution in [3.05, 3.63) is 0 Å². The highest BCUT2D eigenvalue weighted by molar-refractivity contribution is 5.73. The molecule has 0 aliphatic rings. The maximum atomic E-state index is 11.5. The Labute approximate surface area is 92.7 Å². The normalized spacial score (nSPS) is 12.7. The van der Waals surface area contributed by atoms with Crippen molar-refractivity contribution < 1.29 is 9.90 Å². The van der Waals surface area contributed by atoms with Gasteiger partial charge in [0, 0.05) is 20.1 Å². The molecule has 15 heavy (non-hydrogen) atoms. The van der Waals surface area contributed by atoms with E-state index < -0.39 is 0 Å². The highest BCUT2D eigenvalue weighted by atomic mass is 16.3. The van der Waals surface area contributed by atoms with E-state index in [-0.39, 0.29) is 12.1 Å². The lowest BCUT2D eigenvalue weighted by molar-refractivity contribution is 0.163. The summed E-state index contributed by atoms with van der Waals surface area (Å²) in [6.07, 6.45) is 1.26. The molecule has 0 aromatic heterocycles. The lowest BCUT2D eigenvalue weighted by Gasteiger charge is -2.19. The average molecular weight is 216 g/mol. The lowest BCUT2D eigenvalue weighted by Crippen LogP contribution is -2.39. The van der Waals surface area contributed by atoms with Crippen LogP contribution in [0.3, 0.4) is 0 Å². The van der Waals surface area contributed by atoms with Crippen LogP contribution in [0, 0.1) is 5.92 Å². The molecule has 0 radical (unpaired) electrons. The molecular formula is C11H24N2O2. The zero-order valence-electron chi connectivity index (χ0n) is 10.3. The summed E-state index contributed by atoms with van der Waals surface area (Å²) in [5.74, 6) is 0.605. The topological polar surface area (TPSA) is 52.6 Å². The van der Waals surface area contributed by atoms with Crippen LogP contribution in [-0.4, -0.2) is 42.3 Å².